The van der Waals surface area contributed by atoms with Crippen LogP contribution in [0.4, 0.5) is 5.95 Å². The molecule has 1 saturated heterocycles. The summed E-state index contributed by atoms with van der Waals surface area (Å²) in [5.41, 5.74) is 1.13. The molecule has 0 aromatic carbocycles. The van der Waals surface area contributed by atoms with Gasteiger partial charge in [0.15, 0.2) is 0 Å². The molecule has 4 heteroatoms. The minimum Gasteiger partial charge on any atom is -0.338 e. The largest absolute Gasteiger partial charge is 0.338 e. The first-order valence-corrected chi connectivity index (χ1v) is 6.98. The van der Waals surface area contributed by atoms with Crippen LogP contribution in [-0.2, 0) is 5.33 Å². The van der Waals surface area contributed by atoms with Gasteiger partial charge in [0.2, 0.25) is 5.95 Å². The molecular formula is C12H18BrN3. The summed E-state index contributed by atoms with van der Waals surface area (Å²) in [5, 5.41) is 0.820. The second-order valence-electron chi connectivity index (χ2n) is 4.67. The fraction of sp³-hybridized carbons (Fsp3) is 0.667. The molecule has 0 spiro atoms. The minimum absolute atomic E-state index is 0.606. The van der Waals surface area contributed by atoms with Gasteiger partial charge in [-0.2, -0.15) is 0 Å². The van der Waals surface area contributed by atoms with Crippen LogP contribution in [0.1, 0.15) is 32.3 Å². The van der Waals surface area contributed by atoms with Gasteiger partial charge in [-0.25, -0.2) is 9.97 Å². The van der Waals surface area contributed by atoms with Gasteiger partial charge in [-0.3, -0.25) is 0 Å². The number of halogens is 1. The number of hydrogen-bond donors (Lipinski definition) is 0. The van der Waals surface area contributed by atoms with Gasteiger partial charge in [0, 0.05) is 30.3 Å². The summed E-state index contributed by atoms with van der Waals surface area (Å²) in [7, 11) is 0. The van der Waals surface area contributed by atoms with Crippen LogP contribution in [0, 0.1) is 5.92 Å². The van der Waals surface area contributed by atoms with Crippen molar-refractivity contribution in [3.8, 4) is 0 Å². The lowest BCUT2D eigenvalue weighted by Crippen LogP contribution is -2.34. The van der Waals surface area contributed by atoms with E-state index in [1.54, 1.807) is 0 Å². The number of hydrogen-bond acceptors (Lipinski definition) is 3. The summed E-state index contributed by atoms with van der Waals surface area (Å²) in [6.07, 6.45) is 6.34. The second-order valence-corrected chi connectivity index (χ2v) is 5.23. The average molecular weight is 284 g/mol. The zero-order valence-electron chi connectivity index (χ0n) is 9.86. The van der Waals surface area contributed by atoms with Gasteiger partial charge >= 0.3 is 0 Å². The third-order valence-corrected chi connectivity index (χ3v) is 3.82. The van der Waals surface area contributed by atoms with Crippen LogP contribution in [0.5, 0.6) is 0 Å². The molecule has 1 unspecified atom stereocenters. The Hall–Kier alpha value is -0.640. The number of nitrogens with zero attached hydrogens (tertiary/aromatic N) is 3. The zero-order chi connectivity index (χ0) is 11.5. The molecule has 1 aromatic rings. The molecule has 1 atom stereocenters. The van der Waals surface area contributed by atoms with Crippen molar-refractivity contribution in [2.24, 2.45) is 5.92 Å². The van der Waals surface area contributed by atoms with E-state index in [9.17, 15) is 0 Å². The van der Waals surface area contributed by atoms with E-state index in [0.717, 1.165) is 23.4 Å². The SMILES string of the molecule is CC(C)C1CCCN1c1ncc(CBr)cn1. The number of rotatable bonds is 3. The predicted octanol–water partition coefficient (Wildman–Crippen LogP) is 3.00. The van der Waals surface area contributed by atoms with E-state index in [2.05, 4.69) is 44.6 Å². The first-order valence-electron chi connectivity index (χ1n) is 5.86. The Morgan fingerprint density at radius 1 is 1.44 bits per heavy atom. The summed E-state index contributed by atoms with van der Waals surface area (Å²) >= 11 is 3.41. The molecular weight excluding hydrogens is 266 g/mol. The van der Waals surface area contributed by atoms with Crippen LogP contribution in [0.25, 0.3) is 0 Å². The van der Waals surface area contributed by atoms with Crippen molar-refractivity contribution in [3.63, 3.8) is 0 Å². The molecule has 2 rings (SSSR count). The van der Waals surface area contributed by atoms with Crippen LogP contribution in [-0.4, -0.2) is 22.6 Å². The highest BCUT2D eigenvalue weighted by Crippen LogP contribution is 2.27. The Bertz CT molecular complexity index is 337. The number of anilines is 1. The van der Waals surface area contributed by atoms with Crippen LogP contribution in [0.15, 0.2) is 12.4 Å². The molecule has 0 bridgehead atoms. The van der Waals surface area contributed by atoms with Crippen LogP contribution < -0.4 is 4.90 Å². The highest BCUT2D eigenvalue weighted by Gasteiger charge is 2.28. The summed E-state index contributed by atoms with van der Waals surface area (Å²) in [4.78, 5) is 11.2. The van der Waals surface area contributed by atoms with E-state index < -0.39 is 0 Å². The van der Waals surface area contributed by atoms with Crippen molar-refractivity contribution >= 4 is 21.9 Å². The second kappa shape index (κ2) is 5.13. The first-order chi connectivity index (χ1) is 7.72. The zero-order valence-corrected chi connectivity index (χ0v) is 11.4. The lowest BCUT2D eigenvalue weighted by Gasteiger charge is -2.27. The highest BCUT2D eigenvalue weighted by molar-refractivity contribution is 9.08. The molecule has 0 N–H and O–H groups in total. The standard InChI is InChI=1S/C12H18BrN3/c1-9(2)11-4-3-5-16(11)12-14-7-10(6-13)8-15-12/h7-9,11H,3-6H2,1-2H3. The van der Waals surface area contributed by atoms with Crippen molar-refractivity contribution < 1.29 is 0 Å². The van der Waals surface area contributed by atoms with Gasteiger partial charge in [-0.15, -0.1) is 0 Å². The molecule has 0 aliphatic carbocycles. The molecule has 1 aromatic heterocycles. The van der Waals surface area contributed by atoms with Gasteiger partial charge < -0.3 is 4.90 Å². The monoisotopic (exact) mass is 283 g/mol. The normalized spacial score (nSPS) is 20.8. The molecule has 88 valence electrons. The third kappa shape index (κ3) is 2.37. The smallest absolute Gasteiger partial charge is 0.225 e. The van der Waals surface area contributed by atoms with Crippen molar-refractivity contribution in [3.05, 3.63) is 18.0 Å². The molecule has 2 heterocycles. The minimum atomic E-state index is 0.606. The van der Waals surface area contributed by atoms with E-state index in [1.165, 1.54) is 12.8 Å². The maximum atomic E-state index is 4.45. The summed E-state index contributed by atoms with van der Waals surface area (Å²) in [6, 6.07) is 0.606. The summed E-state index contributed by atoms with van der Waals surface area (Å²) < 4.78 is 0. The van der Waals surface area contributed by atoms with Gasteiger partial charge in [0.25, 0.3) is 0 Å². The summed E-state index contributed by atoms with van der Waals surface area (Å²) in [5.74, 6) is 1.56. The molecule has 1 aliphatic rings. The number of alkyl halides is 1. The molecule has 3 nitrogen and oxygen atoms in total. The van der Waals surface area contributed by atoms with E-state index >= 15 is 0 Å². The van der Waals surface area contributed by atoms with Crippen molar-refractivity contribution in [2.45, 2.75) is 38.1 Å². The molecule has 0 saturated carbocycles. The Morgan fingerprint density at radius 2 is 2.12 bits per heavy atom. The van der Waals surface area contributed by atoms with E-state index in [-0.39, 0.29) is 0 Å². The Balaban J connectivity index is 2.16. The lowest BCUT2D eigenvalue weighted by molar-refractivity contribution is 0.487. The van der Waals surface area contributed by atoms with Gasteiger partial charge in [-0.1, -0.05) is 29.8 Å². The van der Waals surface area contributed by atoms with Gasteiger partial charge in [0.05, 0.1) is 0 Å². The Morgan fingerprint density at radius 3 is 2.69 bits per heavy atom. The Labute approximate surface area is 105 Å². The van der Waals surface area contributed by atoms with Crippen molar-refractivity contribution in [1.82, 2.24) is 9.97 Å². The van der Waals surface area contributed by atoms with Crippen LogP contribution in [0.2, 0.25) is 0 Å². The number of aromatic nitrogens is 2. The van der Waals surface area contributed by atoms with E-state index in [4.69, 9.17) is 0 Å². The molecule has 1 fully saturated rings. The lowest BCUT2D eigenvalue weighted by atomic mass is 10.0. The van der Waals surface area contributed by atoms with Gasteiger partial charge in [-0.05, 0) is 24.3 Å². The molecule has 1 aliphatic heterocycles. The highest BCUT2D eigenvalue weighted by atomic mass is 79.9. The predicted molar refractivity (Wildman–Crippen MR) is 69.9 cm³/mol. The third-order valence-electron chi connectivity index (χ3n) is 3.17. The average Bonchev–Trinajstić information content (AvgIpc) is 2.78. The van der Waals surface area contributed by atoms with E-state index in [1.807, 2.05) is 12.4 Å². The summed E-state index contributed by atoms with van der Waals surface area (Å²) in [6.45, 7) is 5.64. The Kier molecular flexibility index (Phi) is 3.79. The van der Waals surface area contributed by atoms with Crippen molar-refractivity contribution in [2.75, 3.05) is 11.4 Å². The molecule has 16 heavy (non-hydrogen) atoms. The fourth-order valence-corrected chi connectivity index (χ4v) is 2.59. The van der Waals surface area contributed by atoms with Crippen LogP contribution in [0.3, 0.4) is 0 Å². The van der Waals surface area contributed by atoms with Gasteiger partial charge in [0.1, 0.15) is 0 Å². The first kappa shape index (κ1) is 11.8. The topological polar surface area (TPSA) is 29.0 Å². The maximum absolute atomic E-state index is 4.45. The van der Waals surface area contributed by atoms with Crippen LogP contribution >= 0.6 is 15.9 Å². The molecule has 0 radical (unpaired) electrons. The van der Waals surface area contributed by atoms with E-state index in [0.29, 0.717) is 12.0 Å². The maximum Gasteiger partial charge on any atom is 0.225 e. The quantitative estimate of drug-likeness (QED) is 0.799. The van der Waals surface area contributed by atoms with Crippen molar-refractivity contribution in [1.29, 1.82) is 0 Å². The fourth-order valence-electron chi connectivity index (χ4n) is 2.30. The molecule has 0 amide bonds.